The summed E-state index contributed by atoms with van der Waals surface area (Å²) in [7, 11) is 1.57. The van der Waals surface area contributed by atoms with E-state index in [1.54, 1.807) is 31.4 Å². The van der Waals surface area contributed by atoms with Gasteiger partial charge in [0, 0.05) is 19.2 Å². The fourth-order valence-corrected chi connectivity index (χ4v) is 2.63. The normalized spacial score (nSPS) is 18.3. The third kappa shape index (κ3) is 5.72. The number of rotatable bonds is 6. The molecule has 2 aromatic rings. The van der Waals surface area contributed by atoms with Gasteiger partial charge < -0.3 is 30.5 Å². The third-order valence-electron chi connectivity index (χ3n) is 4.08. The van der Waals surface area contributed by atoms with Gasteiger partial charge in [0.05, 0.1) is 24.6 Å². The Morgan fingerprint density at radius 3 is 2.70 bits per heavy atom. The maximum Gasteiger partial charge on any atom is 0.319 e. The summed E-state index contributed by atoms with van der Waals surface area (Å²) < 4.78 is 10.9. The number of β-amino-alcohol motifs (C(OH)–C–C–N with tert-alkyl or cyclic N) is 1. The van der Waals surface area contributed by atoms with E-state index in [2.05, 4.69) is 20.9 Å². The number of pyridine rings is 1. The smallest absolute Gasteiger partial charge is 0.319 e. The minimum absolute atomic E-state index is 0. The van der Waals surface area contributed by atoms with Gasteiger partial charge in [-0.2, -0.15) is 0 Å². The number of ether oxygens (including phenoxy) is 2. The molecule has 0 bridgehead atoms. The van der Waals surface area contributed by atoms with Crippen LogP contribution in [-0.4, -0.2) is 48.5 Å². The highest BCUT2D eigenvalue weighted by atomic mass is 35.5. The average Bonchev–Trinajstić information content (AvgIpc) is 3.09. The first kappa shape index (κ1) is 20.8. The van der Waals surface area contributed by atoms with Gasteiger partial charge in [0.1, 0.15) is 0 Å². The number of methoxy groups -OCH3 is 1. The zero-order valence-corrected chi connectivity index (χ0v) is 15.7. The lowest BCUT2D eigenvalue weighted by molar-refractivity contribution is 0.0640. The molecule has 1 atom stereocenters. The van der Waals surface area contributed by atoms with Gasteiger partial charge in [0.15, 0.2) is 11.5 Å². The van der Waals surface area contributed by atoms with Crippen molar-refractivity contribution in [1.29, 1.82) is 0 Å². The Bertz CT molecular complexity index is 751. The van der Waals surface area contributed by atoms with Gasteiger partial charge in [0.2, 0.25) is 5.88 Å². The molecule has 1 aromatic heterocycles. The Balaban J connectivity index is 0.00000261. The molecular formula is C18H23ClN4O4. The van der Waals surface area contributed by atoms with Crippen LogP contribution in [0.2, 0.25) is 0 Å². The lowest BCUT2D eigenvalue weighted by atomic mass is 10.0. The number of amides is 2. The highest BCUT2D eigenvalue weighted by molar-refractivity contribution is 5.89. The monoisotopic (exact) mass is 394 g/mol. The molecule has 1 aliphatic heterocycles. The van der Waals surface area contributed by atoms with Gasteiger partial charge in [0.25, 0.3) is 0 Å². The SMILES string of the molecule is COc1ccccc1Oc1ccc(NC(=O)NCC2(O)CCNC2)cn1.Cl. The fraction of sp³-hybridized carbons (Fsp3) is 0.333. The van der Waals surface area contributed by atoms with E-state index in [1.807, 2.05) is 12.1 Å². The summed E-state index contributed by atoms with van der Waals surface area (Å²) in [5.74, 6) is 1.54. The Kier molecular flexibility index (Phi) is 7.23. The summed E-state index contributed by atoms with van der Waals surface area (Å²) in [5.41, 5.74) is -0.367. The Morgan fingerprint density at radius 2 is 2.07 bits per heavy atom. The summed E-state index contributed by atoms with van der Waals surface area (Å²) >= 11 is 0. The van der Waals surface area contributed by atoms with Crippen molar-refractivity contribution in [1.82, 2.24) is 15.6 Å². The molecule has 8 nitrogen and oxygen atoms in total. The quantitative estimate of drug-likeness (QED) is 0.598. The Hall–Kier alpha value is -2.55. The van der Waals surface area contributed by atoms with Crippen molar-refractivity contribution in [2.24, 2.45) is 0 Å². The fourth-order valence-electron chi connectivity index (χ4n) is 2.63. The van der Waals surface area contributed by atoms with Crippen molar-refractivity contribution in [3.8, 4) is 17.4 Å². The largest absolute Gasteiger partial charge is 0.493 e. The van der Waals surface area contributed by atoms with Gasteiger partial charge in [-0.15, -0.1) is 12.4 Å². The van der Waals surface area contributed by atoms with E-state index in [-0.39, 0.29) is 19.0 Å². The van der Waals surface area contributed by atoms with Gasteiger partial charge >= 0.3 is 6.03 Å². The number of aliphatic hydroxyl groups is 1. The summed E-state index contributed by atoms with van der Waals surface area (Å²) in [6.45, 7) is 1.41. The molecule has 2 amide bonds. The van der Waals surface area contributed by atoms with Crippen LogP contribution in [0.1, 0.15) is 6.42 Å². The number of nitrogens with one attached hydrogen (secondary N) is 3. The predicted molar refractivity (Wildman–Crippen MR) is 104 cm³/mol. The number of carbonyl (C=O) groups is 1. The van der Waals surface area contributed by atoms with Crippen LogP contribution in [0.5, 0.6) is 17.4 Å². The molecule has 9 heteroatoms. The van der Waals surface area contributed by atoms with Crippen LogP contribution >= 0.6 is 12.4 Å². The van der Waals surface area contributed by atoms with E-state index in [0.717, 1.165) is 6.54 Å². The first-order chi connectivity index (χ1) is 12.6. The van der Waals surface area contributed by atoms with Crippen LogP contribution in [0.4, 0.5) is 10.5 Å². The maximum atomic E-state index is 11.9. The minimum atomic E-state index is -0.887. The van der Waals surface area contributed by atoms with Crippen molar-refractivity contribution < 1.29 is 19.4 Å². The number of halogens is 1. The van der Waals surface area contributed by atoms with E-state index in [4.69, 9.17) is 9.47 Å². The van der Waals surface area contributed by atoms with Crippen molar-refractivity contribution >= 4 is 24.1 Å². The van der Waals surface area contributed by atoms with Crippen LogP contribution in [0, 0.1) is 0 Å². The number of nitrogens with zero attached hydrogens (tertiary/aromatic N) is 1. The standard InChI is InChI=1S/C18H22N4O4.ClH/c1-25-14-4-2-3-5-15(14)26-16-7-6-13(10-20-16)22-17(23)21-12-18(24)8-9-19-11-18;/h2-7,10,19,24H,8-9,11-12H2,1H3,(H2,21,22,23);1H. The van der Waals surface area contributed by atoms with Crippen molar-refractivity contribution in [3.63, 3.8) is 0 Å². The van der Waals surface area contributed by atoms with Crippen molar-refractivity contribution in [2.45, 2.75) is 12.0 Å². The predicted octanol–water partition coefficient (Wildman–Crippen LogP) is 2.15. The molecule has 1 aliphatic rings. The van der Waals surface area contributed by atoms with Gasteiger partial charge in [-0.05, 0) is 31.2 Å². The second-order valence-corrected chi connectivity index (χ2v) is 6.10. The summed E-state index contributed by atoms with van der Waals surface area (Å²) in [4.78, 5) is 16.1. The first-order valence-electron chi connectivity index (χ1n) is 8.33. The number of hydrogen-bond acceptors (Lipinski definition) is 6. The second kappa shape index (κ2) is 9.40. The van der Waals surface area contributed by atoms with Crippen molar-refractivity contribution in [3.05, 3.63) is 42.6 Å². The lowest BCUT2D eigenvalue weighted by Crippen LogP contribution is -2.45. The minimum Gasteiger partial charge on any atom is -0.493 e. The molecule has 1 aromatic carbocycles. The second-order valence-electron chi connectivity index (χ2n) is 6.10. The number of aromatic nitrogens is 1. The molecule has 1 fully saturated rings. The highest BCUT2D eigenvalue weighted by Gasteiger charge is 2.31. The molecule has 0 saturated carbocycles. The van der Waals surface area contributed by atoms with Crippen LogP contribution in [0.15, 0.2) is 42.6 Å². The lowest BCUT2D eigenvalue weighted by Gasteiger charge is -2.21. The molecule has 27 heavy (non-hydrogen) atoms. The number of carbonyl (C=O) groups excluding carboxylic acids is 1. The molecule has 0 spiro atoms. The molecule has 2 heterocycles. The van der Waals surface area contributed by atoms with E-state index in [1.165, 1.54) is 6.20 Å². The van der Waals surface area contributed by atoms with Crippen LogP contribution in [-0.2, 0) is 0 Å². The number of anilines is 1. The average molecular weight is 395 g/mol. The number of para-hydroxylation sites is 2. The number of benzene rings is 1. The molecule has 0 radical (unpaired) electrons. The number of urea groups is 1. The first-order valence-corrected chi connectivity index (χ1v) is 8.33. The van der Waals surface area contributed by atoms with Crippen molar-refractivity contribution in [2.75, 3.05) is 32.1 Å². The molecule has 146 valence electrons. The zero-order valence-electron chi connectivity index (χ0n) is 14.9. The Morgan fingerprint density at radius 1 is 1.30 bits per heavy atom. The van der Waals surface area contributed by atoms with E-state index < -0.39 is 11.6 Å². The molecular weight excluding hydrogens is 372 g/mol. The van der Waals surface area contributed by atoms with E-state index in [0.29, 0.717) is 36.0 Å². The van der Waals surface area contributed by atoms with Gasteiger partial charge in [-0.1, -0.05) is 12.1 Å². The highest BCUT2D eigenvalue weighted by Crippen LogP contribution is 2.30. The van der Waals surface area contributed by atoms with Gasteiger partial charge in [-0.25, -0.2) is 9.78 Å². The Labute approximate surface area is 163 Å². The van der Waals surface area contributed by atoms with E-state index >= 15 is 0 Å². The van der Waals surface area contributed by atoms with Gasteiger partial charge in [-0.3, -0.25) is 0 Å². The third-order valence-corrected chi connectivity index (χ3v) is 4.08. The molecule has 3 rings (SSSR count). The molecule has 4 N–H and O–H groups in total. The summed E-state index contributed by atoms with van der Waals surface area (Å²) in [6.07, 6.45) is 2.11. The molecule has 0 aliphatic carbocycles. The van der Waals surface area contributed by atoms with Crippen LogP contribution < -0.4 is 25.4 Å². The van der Waals surface area contributed by atoms with E-state index in [9.17, 15) is 9.90 Å². The topological polar surface area (TPSA) is 105 Å². The van der Waals surface area contributed by atoms with Crippen LogP contribution in [0.3, 0.4) is 0 Å². The summed E-state index contributed by atoms with van der Waals surface area (Å²) in [5, 5.41) is 18.6. The summed E-state index contributed by atoms with van der Waals surface area (Å²) in [6, 6.07) is 10.2. The number of hydrogen-bond donors (Lipinski definition) is 4. The van der Waals surface area contributed by atoms with Crippen LogP contribution in [0.25, 0.3) is 0 Å². The zero-order chi connectivity index (χ0) is 18.4. The maximum absolute atomic E-state index is 11.9. The molecule has 1 saturated heterocycles. The molecule has 1 unspecified atom stereocenters.